The van der Waals surface area contributed by atoms with E-state index in [9.17, 15) is 18.0 Å². The van der Waals surface area contributed by atoms with E-state index in [0.717, 1.165) is 12.1 Å². The number of carbonyl (C=O) groups is 1. The van der Waals surface area contributed by atoms with Crippen LogP contribution < -0.4 is 11.1 Å². The van der Waals surface area contributed by atoms with Crippen LogP contribution in [0.2, 0.25) is 0 Å². The van der Waals surface area contributed by atoms with Crippen molar-refractivity contribution in [1.82, 2.24) is 5.06 Å². The summed E-state index contributed by atoms with van der Waals surface area (Å²) in [4.78, 5) is 16.5. The molecule has 1 amide bonds. The maximum Gasteiger partial charge on any atom is 0.418 e. The topological polar surface area (TPSA) is 67.6 Å². The van der Waals surface area contributed by atoms with Crippen molar-refractivity contribution >= 4 is 17.3 Å². The Morgan fingerprint density at radius 1 is 1.43 bits per heavy atom. The van der Waals surface area contributed by atoms with Crippen molar-refractivity contribution in [3.63, 3.8) is 0 Å². The summed E-state index contributed by atoms with van der Waals surface area (Å²) in [5.74, 6) is -0.364. The number of halogens is 3. The molecule has 0 fully saturated rings. The smallest absolute Gasteiger partial charge is 0.398 e. The quantitative estimate of drug-likeness (QED) is 0.626. The molecular formula is C13H18F3N3O2. The van der Waals surface area contributed by atoms with Crippen LogP contribution in [0.5, 0.6) is 0 Å². The van der Waals surface area contributed by atoms with Crippen LogP contribution in [-0.4, -0.2) is 31.7 Å². The Labute approximate surface area is 120 Å². The van der Waals surface area contributed by atoms with E-state index in [2.05, 4.69) is 5.32 Å². The van der Waals surface area contributed by atoms with Crippen LogP contribution in [-0.2, 0) is 15.8 Å². The Morgan fingerprint density at radius 3 is 2.67 bits per heavy atom. The van der Waals surface area contributed by atoms with Crippen molar-refractivity contribution in [3.05, 3.63) is 23.8 Å². The van der Waals surface area contributed by atoms with E-state index in [1.165, 1.54) is 13.2 Å². The summed E-state index contributed by atoms with van der Waals surface area (Å²) in [5.41, 5.74) is 4.02. The Bertz CT molecular complexity index is 492. The molecule has 118 valence electrons. The molecule has 0 saturated heterocycles. The Morgan fingerprint density at radius 2 is 2.10 bits per heavy atom. The van der Waals surface area contributed by atoms with Crippen LogP contribution in [0, 0.1) is 0 Å². The summed E-state index contributed by atoms with van der Waals surface area (Å²) in [6.45, 7) is 0.541. The van der Waals surface area contributed by atoms with Gasteiger partial charge in [-0.05, 0) is 24.6 Å². The van der Waals surface area contributed by atoms with Gasteiger partial charge in [0.1, 0.15) is 0 Å². The van der Waals surface area contributed by atoms with Gasteiger partial charge in [0.15, 0.2) is 0 Å². The minimum Gasteiger partial charge on any atom is -0.398 e. The fourth-order valence-electron chi connectivity index (χ4n) is 1.66. The zero-order valence-corrected chi connectivity index (χ0v) is 11.8. The number of nitrogens with one attached hydrogen (secondary N) is 1. The SMILES string of the molecule is CON(C)CCCC(=O)Nc1ccc(N)c(C(F)(F)F)c1. The van der Waals surface area contributed by atoms with Gasteiger partial charge < -0.3 is 15.9 Å². The van der Waals surface area contributed by atoms with E-state index < -0.39 is 11.7 Å². The second-order valence-electron chi connectivity index (χ2n) is 4.49. The number of nitrogens with two attached hydrogens (primary N) is 1. The highest BCUT2D eigenvalue weighted by Gasteiger charge is 2.33. The monoisotopic (exact) mass is 305 g/mol. The summed E-state index contributed by atoms with van der Waals surface area (Å²) in [6.07, 6.45) is -3.84. The molecule has 0 spiro atoms. The van der Waals surface area contributed by atoms with Crippen molar-refractivity contribution in [2.45, 2.75) is 19.0 Å². The lowest BCUT2D eigenvalue weighted by atomic mass is 10.1. The fraction of sp³-hybridized carbons (Fsp3) is 0.462. The lowest BCUT2D eigenvalue weighted by Gasteiger charge is -2.14. The lowest BCUT2D eigenvalue weighted by molar-refractivity contribution is -0.137. The van der Waals surface area contributed by atoms with Crippen molar-refractivity contribution in [1.29, 1.82) is 0 Å². The van der Waals surface area contributed by atoms with Crippen molar-refractivity contribution < 1.29 is 22.8 Å². The first-order valence-electron chi connectivity index (χ1n) is 6.26. The van der Waals surface area contributed by atoms with E-state index in [-0.39, 0.29) is 23.7 Å². The second-order valence-corrected chi connectivity index (χ2v) is 4.49. The average molecular weight is 305 g/mol. The van der Waals surface area contributed by atoms with E-state index in [4.69, 9.17) is 10.6 Å². The van der Waals surface area contributed by atoms with Crippen LogP contribution in [0.15, 0.2) is 18.2 Å². The van der Waals surface area contributed by atoms with E-state index in [1.807, 2.05) is 0 Å². The predicted molar refractivity (Wildman–Crippen MR) is 73.4 cm³/mol. The third-order valence-electron chi connectivity index (χ3n) is 2.83. The van der Waals surface area contributed by atoms with Gasteiger partial charge in [0.25, 0.3) is 0 Å². The predicted octanol–water partition coefficient (Wildman–Crippen LogP) is 2.50. The number of hydroxylamine groups is 2. The number of rotatable bonds is 6. The van der Waals surface area contributed by atoms with Gasteiger partial charge in [0.2, 0.25) is 5.91 Å². The highest BCUT2D eigenvalue weighted by atomic mass is 19.4. The molecule has 8 heteroatoms. The number of nitrogens with zero attached hydrogens (tertiary/aromatic N) is 1. The van der Waals surface area contributed by atoms with Gasteiger partial charge in [-0.25, -0.2) is 0 Å². The molecular weight excluding hydrogens is 287 g/mol. The van der Waals surface area contributed by atoms with Crippen molar-refractivity contribution in [2.75, 3.05) is 31.8 Å². The van der Waals surface area contributed by atoms with E-state index in [0.29, 0.717) is 13.0 Å². The van der Waals surface area contributed by atoms with E-state index in [1.54, 1.807) is 12.1 Å². The maximum absolute atomic E-state index is 12.7. The van der Waals surface area contributed by atoms with Gasteiger partial charge in [-0.3, -0.25) is 4.79 Å². The van der Waals surface area contributed by atoms with Gasteiger partial charge in [-0.15, -0.1) is 0 Å². The first-order valence-corrected chi connectivity index (χ1v) is 6.26. The Kier molecular flexibility index (Phi) is 5.98. The summed E-state index contributed by atoms with van der Waals surface area (Å²) in [5, 5.41) is 3.97. The van der Waals surface area contributed by atoms with Gasteiger partial charge in [-0.2, -0.15) is 18.2 Å². The zero-order valence-electron chi connectivity index (χ0n) is 11.8. The Hall–Kier alpha value is -1.80. The number of amides is 1. The second kappa shape index (κ2) is 7.28. The Balaban J connectivity index is 2.61. The molecule has 1 rings (SSSR count). The molecule has 1 aromatic carbocycles. The average Bonchev–Trinajstić information content (AvgIpc) is 2.39. The molecule has 0 bridgehead atoms. The number of carbonyl (C=O) groups excluding carboxylic acids is 1. The van der Waals surface area contributed by atoms with Crippen LogP contribution >= 0.6 is 0 Å². The largest absolute Gasteiger partial charge is 0.418 e. The van der Waals surface area contributed by atoms with Crippen molar-refractivity contribution in [2.24, 2.45) is 0 Å². The molecule has 0 atom stereocenters. The summed E-state index contributed by atoms with van der Waals surface area (Å²) in [7, 11) is 3.22. The molecule has 0 aliphatic heterocycles. The molecule has 21 heavy (non-hydrogen) atoms. The highest BCUT2D eigenvalue weighted by Crippen LogP contribution is 2.35. The number of benzene rings is 1. The first kappa shape index (κ1) is 17.3. The minimum atomic E-state index is -4.55. The number of hydrogen-bond acceptors (Lipinski definition) is 4. The van der Waals surface area contributed by atoms with Crippen LogP contribution in [0.4, 0.5) is 24.5 Å². The fourth-order valence-corrected chi connectivity index (χ4v) is 1.66. The van der Waals surface area contributed by atoms with Crippen LogP contribution in [0.1, 0.15) is 18.4 Å². The molecule has 3 N–H and O–H groups in total. The van der Waals surface area contributed by atoms with Crippen molar-refractivity contribution in [3.8, 4) is 0 Å². The van der Waals surface area contributed by atoms with E-state index >= 15 is 0 Å². The number of anilines is 2. The molecule has 0 aliphatic carbocycles. The summed E-state index contributed by atoms with van der Waals surface area (Å²) < 4.78 is 38.1. The molecule has 0 unspecified atom stereocenters. The summed E-state index contributed by atoms with van der Waals surface area (Å²) in [6, 6.07) is 3.29. The standard InChI is InChI=1S/C13H18F3N3O2/c1-19(21-2)7-3-4-12(20)18-9-5-6-11(17)10(8-9)13(14,15)16/h5-6,8H,3-4,7,17H2,1-2H3,(H,18,20). The first-order chi connectivity index (χ1) is 9.74. The molecule has 0 saturated carbocycles. The molecule has 0 aromatic heterocycles. The third kappa shape index (κ3) is 5.60. The number of hydrogen-bond donors (Lipinski definition) is 2. The van der Waals surface area contributed by atoms with Gasteiger partial charge in [0, 0.05) is 31.4 Å². The van der Waals surface area contributed by atoms with Gasteiger partial charge in [-0.1, -0.05) is 0 Å². The minimum absolute atomic E-state index is 0.0709. The highest BCUT2D eigenvalue weighted by molar-refractivity contribution is 5.91. The molecule has 5 nitrogen and oxygen atoms in total. The molecule has 0 aliphatic rings. The summed E-state index contributed by atoms with van der Waals surface area (Å²) >= 11 is 0. The van der Waals surface area contributed by atoms with Crippen LogP contribution in [0.25, 0.3) is 0 Å². The maximum atomic E-state index is 12.7. The molecule has 0 radical (unpaired) electrons. The lowest BCUT2D eigenvalue weighted by Crippen LogP contribution is -2.20. The zero-order chi connectivity index (χ0) is 16.0. The molecule has 0 heterocycles. The third-order valence-corrected chi connectivity index (χ3v) is 2.83. The normalized spacial score (nSPS) is 11.7. The number of alkyl halides is 3. The van der Waals surface area contributed by atoms with Gasteiger partial charge in [0.05, 0.1) is 12.7 Å². The van der Waals surface area contributed by atoms with Crippen LogP contribution in [0.3, 0.4) is 0 Å². The number of nitrogen functional groups attached to an aromatic ring is 1. The van der Waals surface area contributed by atoms with Gasteiger partial charge >= 0.3 is 6.18 Å². The molecule has 1 aromatic rings.